The monoisotopic (exact) mass is 183 g/mol. The number of nitrogens with one attached hydrogen (secondary N) is 1. The standard InChI is InChI=1S/C10H11F2N/c1-7-3-2-4-8-9(7)10(11,12)5-6-13-8/h2-4,13H,5-6H2,1H3. The molecule has 0 saturated heterocycles. The third-order valence-electron chi connectivity index (χ3n) is 2.39. The summed E-state index contributed by atoms with van der Waals surface area (Å²) in [5, 5.41) is 2.98. The highest BCUT2D eigenvalue weighted by atomic mass is 19.3. The molecule has 0 saturated carbocycles. The summed E-state index contributed by atoms with van der Waals surface area (Å²) in [4.78, 5) is 0. The highest BCUT2D eigenvalue weighted by molar-refractivity contribution is 5.58. The van der Waals surface area contributed by atoms with Crippen molar-refractivity contribution in [3.63, 3.8) is 0 Å². The first-order chi connectivity index (χ1) is 6.11. The van der Waals surface area contributed by atoms with Crippen molar-refractivity contribution in [1.29, 1.82) is 0 Å². The lowest BCUT2D eigenvalue weighted by atomic mass is 9.95. The Kier molecular flexibility index (Phi) is 1.75. The van der Waals surface area contributed by atoms with Crippen molar-refractivity contribution in [2.24, 2.45) is 0 Å². The van der Waals surface area contributed by atoms with E-state index in [1.165, 1.54) is 0 Å². The van der Waals surface area contributed by atoms with Crippen LogP contribution in [0.1, 0.15) is 17.5 Å². The Bertz CT molecular complexity index is 334. The summed E-state index contributed by atoms with van der Waals surface area (Å²) in [5.41, 5.74) is 1.41. The van der Waals surface area contributed by atoms with Crippen molar-refractivity contribution in [2.45, 2.75) is 19.3 Å². The summed E-state index contributed by atoms with van der Waals surface area (Å²) in [6, 6.07) is 5.22. The van der Waals surface area contributed by atoms with Gasteiger partial charge in [-0.15, -0.1) is 0 Å². The van der Waals surface area contributed by atoms with Crippen LogP contribution in [0.15, 0.2) is 18.2 Å². The van der Waals surface area contributed by atoms with Gasteiger partial charge in [0.05, 0.1) is 0 Å². The first kappa shape index (κ1) is 8.48. The van der Waals surface area contributed by atoms with E-state index < -0.39 is 5.92 Å². The van der Waals surface area contributed by atoms with Crippen LogP contribution in [-0.4, -0.2) is 6.54 Å². The highest BCUT2D eigenvalue weighted by Gasteiger charge is 2.37. The number of hydrogen-bond acceptors (Lipinski definition) is 1. The summed E-state index contributed by atoms with van der Waals surface area (Å²) in [6.07, 6.45) is -0.106. The largest absolute Gasteiger partial charge is 0.384 e. The van der Waals surface area contributed by atoms with E-state index in [2.05, 4.69) is 5.32 Å². The lowest BCUT2D eigenvalue weighted by Gasteiger charge is -2.27. The van der Waals surface area contributed by atoms with Crippen LogP contribution in [0, 0.1) is 6.92 Å². The third kappa shape index (κ3) is 1.28. The molecule has 1 N–H and O–H groups in total. The van der Waals surface area contributed by atoms with Crippen molar-refractivity contribution in [3.05, 3.63) is 29.3 Å². The number of benzene rings is 1. The summed E-state index contributed by atoms with van der Waals surface area (Å²) < 4.78 is 26.8. The molecule has 0 fully saturated rings. The molecule has 2 rings (SSSR count). The zero-order valence-corrected chi connectivity index (χ0v) is 7.40. The van der Waals surface area contributed by atoms with E-state index in [1.54, 1.807) is 25.1 Å². The zero-order chi connectivity index (χ0) is 9.47. The average Bonchev–Trinajstić information content (AvgIpc) is 2.02. The van der Waals surface area contributed by atoms with Gasteiger partial charge in [0.1, 0.15) is 0 Å². The van der Waals surface area contributed by atoms with Crippen molar-refractivity contribution >= 4 is 5.69 Å². The lowest BCUT2D eigenvalue weighted by molar-refractivity contribution is -0.0128. The molecule has 1 heterocycles. The molecule has 70 valence electrons. The van der Waals surface area contributed by atoms with Crippen molar-refractivity contribution in [1.82, 2.24) is 0 Å². The van der Waals surface area contributed by atoms with E-state index in [0.717, 1.165) is 0 Å². The van der Waals surface area contributed by atoms with Gasteiger partial charge in [-0.3, -0.25) is 0 Å². The van der Waals surface area contributed by atoms with E-state index in [4.69, 9.17) is 0 Å². The fourth-order valence-corrected chi connectivity index (χ4v) is 1.78. The molecule has 1 aromatic carbocycles. The maximum Gasteiger partial charge on any atom is 0.277 e. The van der Waals surface area contributed by atoms with Gasteiger partial charge in [-0.05, 0) is 18.6 Å². The number of anilines is 1. The second-order valence-corrected chi connectivity index (χ2v) is 3.38. The molecule has 0 spiro atoms. The molecular formula is C10H11F2N. The van der Waals surface area contributed by atoms with Crippen LogP contribution in [0.5, 0.6) is 0 Å². The van der Waals surface area contributed by atoms with Crippen LogP contribution < -0.4 is 5.32 Å². The average molecular weight is 183 g/mol. The highest BCUT2D eigenvalue weighted by Crippen LogP contribution is 2.41. The maximum atomic E-state index is 13.4. The Morgan fingerprint density at radius 3 is 2.85 bits per heavy atom. The Labute approximate surface area is 75.8 Å². The summed E-state index contributed by atoms with van der Waals surface area (Å²) in [5.74, 6) is -2.66. The number of hydrogen-bond donors (Lipinski definition) is 1. The predicted molar refractivity (Wildman–Crippen MR) is 48.2 cm³/mol. The van der Waals surface area contributed by atoms with Crippen LogP contribution in [0.4, 0.5) is 14.5 Å². The lowest BCUT2D eigenvalue weighted by Crippen LogP contribution is -2.26. The van der Waals surface area contributed by atoms with Gasteiger partial charge >= 0.3 is 0 Å². The van der Waals surface area contributed by atoms with Crippen LogP contribution in [-0.2, 0) is 5.92 Å². The molecule has 0 bridgehead atoms. The Morgan fingerprint density at radius 1 is 1.38 bits per heavy atom. The number of alkyl halides is 2. The van der Waals surface area contributed by atoms with Gasteiger partial charge in [0.25, 0.3) is 5.92 Å². The molecule has 0 amide bonds. The second-order valence-electron chi connectivity index (χ2n) is 3.38. The summed E-state index contributed by atoms with van der Waals surface area (Å²) >= 11 is 0. The van der Waals surface area contributed by atoms with E-state index in [0.29, 0.717) is 17.8 Å². The summed E-state index contributed by atoms with van der Waals surface area (Å²) in [6.45, 7) is 2.07. The smallest absolute Gasteiger partial charge is 0.277 e. The second kappa shape index (κ2) is 2.69. The summed E-state index contributed by atoms with van der Waals surface area (Å²) in [7, 11) is 0. The van der Waals surface area contributed by atoms with Crippen LogP contribution in [0.2, 0.25) is 0 Å². The molecule has 1 nitrogen and oxygen atoms in total. The molecule has 1 aromatic rings. The Hall–Kier alpha value is -1.12. The molecule has 0 aromatic heterocycles. The van der Waals surface area contributed by atoms with Crippen molar-refractivity contribution in [2.75, 3.05) is 11.9 Å². The van der Waals surface area contributed by atoms with Gasteiger partial charge in [-0.2, -0.15) is 0 Å². The van der Waals surface area contributed by atoms with E-state index >= 15 is 0 Å². The minimum atomic E-state index is -2.66. The minimum absolute atomic E-state index is 0.106. The van der Waals surface area contributed by atoms with Crippen molar-refractivity contribution < 1.29 is 8.78 Å². The number of aryl methyl sites for hydroxylation is 1. The molecule has 0 radical (unpaired) electrons. The van der Waals surface area contributed by atoms with Gasteiger partial charge in [0.2, 0.25) is 0 Å². The van der Waals surface area contributed by atoms with E-state index in [-0.39, 0.29) is 12.0 Å². The number of fused-ring (bicyclic) bond motifs is 1. The number of rotatable bonds is 0. The third-order valence-corrected chi connectivity index (χ3v) is 2.39. The van der Waals surface area contributed by atoms with E-state index in [9.17, 15) is 8.78 Å². The van der Waals surface area contributed by atoms with Gasteiger partial charge in [0, 0.05) is 24.2 Å². The molecule has 1 aliphatic rings. The zero-order valence-electron chi connectivity index (χ0n) is 7.40. The molecule has 3 heteroatoms. The van der Waals surface area contributed by atoms with Crippen LogP contribution in [0.3, 0.4) is 0 Å². The van der Waals surface area contributed by atoms with Crippen LogP contribution >= 0.6 is 0 Å². The van der Waals surface area contributed by atoms with Gasteiger partial charge < -0.3 is 5.32 Å². The van der Waals surface area contributed by atoms with E-state index in [1.807, 2.05) is 0 Å². The maximum absolute atomic E-state index is 13.4. The normalized spacial score (nSPS) is 19.0. The number of halogens is 2. The molecule has 13 heavy (non-hydrogen) atoms. The fraction of sp³-hybridized carbons (Fsp3) is 0.400. The van der Waals surface area contributed by atoms with Crippen LogP contribution in [0.25, 0.3) is 0 Å². The predicted octanol–water partition coefficient (Wildman–Crippen LogP) is 2.90. The molecular weight excluding hydrogens is 172 g/mol. The first-order valence-corrected chi connectivity index (χ1v) is 4.33. The minimum Gasteiger partial charge on any atom is -0.384 e. The molecule has 0 atom stereocenters. The molecule has 0 unspecified atom stereocenters. The fourth-order valence-electron chi connectivity index (χ4n) is 1.78. The topological polar surface area (TPSA) is 12.0 Å². The van der Waals surface area contributed by atoms with Gasteiger partial charge in [-0.1, -0.05) is 12.1 Å². The van der Waals surface area contributed by atoms with Gasteiger partial charge in [0.15, 0.2) is 0 Å². The Balaban J connectivity index is 2.61. The SMILES string of the molecule is Cc1cccc2c1C(F)(F)CCN2. The molecule has 0 aliphatic carbocycles. The first-order valence-electron chi connectivity index (χ1n) is 4.33. The quantitative estimate of drug-likeness (QED) is 0.652. The van der Waals surface area contributed by atoms with Gasteiger partial charge in [-0.25, -0.2) is 8.78 Å². The molecule has 1 aliphatic heterocycles. The Morgan fingerprint density at radius 2 is 2.15 bits per heavy atom. The van der Waals surface area contributed by atoms with Crippen molar-refractivity contribution in [3.8, 4) is 0 Å².